The van der Waals surface area contributed by atoms with Crippen LogP contribution in [0.4, 0.5) is 0 Å². The molecule has 0 fully saturated rings. The van der Waals surface area contributed by atoms with E-state index in [2.05, 4.69) is 137 Å². The van der Waals surface area contributed by atoms with Crippen molar-refractivity contribution in [3.63, 3.8) is 0 Å². The third-order valence-electron chi connectivity index (χ3n) is 6.87. The van der Waals surface area contributed by atoms with Crippen LogP contribution in [0.15, 0.2) is 109 Å². The van der Waals surface area contributed by atoms with E-state index in [9.17, 15) is 0 Å². The molecule has 0 aliphatic heterocycles. The van der Waals surface area contributed by atoms with Gasteiger partial charge in [0.15, 0.2) is 0 Å². The Morgan fingerprint density at radius 2 is 0.882 bits per heavy atom. The van der Waals surface area contributed by atoms with Crippen LogP contribution in [0.2, 0.25) is 0 Å². The minimum atomic E-state index is 1.25. The average molecular weight is 439 g/mol. The lowest BCUT2D eigenvalue weighted by Gasteiger charge is -2.18. The van der Waals surface area contributed by atoms with Crippen molar-refractivity contribution in [3.05, 3.63) is 131 Å². The zero-order chi connectivity index (χ0) is 23.7. The average Bonchev–Trinajstić information content (AvgIpc) is 2.86. The van der Waals surface area contributed by atoms with Gasteiger partial charge in [-0.15, -0.1) is 0 Å². The summed E-state index contributed by atoms with van der Waals surface area (Å²) in [5, 5.41) is 0. The van der Waals surface area contributed by atoms with Gasteiger partial charge in [-0.1, -0.05) is 97.1 Å². The maximum absolute atomic E-state index is 2.37. The summed E-state index contributed by atoms with van der Waals surface area (Å²) in [6.45, 7) is 8.84. The molecule has 0 atom stereocenters. The van der Waals surface area contributed by atoms with Gasteiger partial charge in [0.25, 0.3) is 0 Å². The van der Waals surface area contributed by atoms with Crippen molar-refractivity contribution in [2.24, 2.45) is 0 Å². The van der Waals surface area contributed by atoms with E-state index in [1.807, 2.05) is 0 Å². The molecule has 0 aliphatic carbocycles. The third-order valence-corrected chi connectivity index (χ3v) is 6.87. The minimum absolute atomic E-state index is 1.25. The van der Waals surface area contributed by atoms with Crippen molar-refractivity contribution in [3.8, 4) is 44.5 Å². The lowest BCUT2D eigenvalue weighted by Crippen LogP contribution is -1.94. The van der Waals surface area contributed by atoms with Gasteiger partial charge < -0.3 is 0 Å². The van der Waals surface area contributed by atoms with Crippen LogP contribution in [0.3, 0.4) is 0 Å². The molecule has 0 heteroatoms. The van der Waals surface area contributed by atoms with Crippen molar-refractivity contribution >= 4 is 0 Å². The second-order valence-corrected chi connectivity index (χ2v) is 9.24. The summed E-state index contributed by atoms with van der Waals surface area (Å²) >= 11 is 0. The molecule has 0 bridgehead atoms. The van der Waals surface area contributed by atoms with Gasteiger partial charge in [-0.05, 0) is 107 Å². The van der Waals surface area contributed by atoms with Crippen molar-refractivity contribution in [1.82, 2.24) is 0 Å². The van der Waals surface area contributed by atoms with Crippen LogP contribution in [0.1, 0.15) is 22.3 Å². The van der Waals surface area contributed by atoms with Crippen LogP contribution in [0.25, 0.3) is 44.5 Å². The zero-order valence-corrected chi connectivity index (χ0v) is 20.4. The molecule has 0 nitrogen and oxygen atoms in total. The van der Waals surface area contributed by atoms with Crippen LogP contribution < -0.4 is 0 Å². The first-order chi connectivity index (χ1) is 16.5. The Labute approximate surface area is 203 Å². The molecule has 34 heavy (non-hydrogen) atoms. The van der Waals surface area contributed by atoms with Crippen molar-refractivity contribution < 1.29 is 0 Å². The van der Waals surface area contributed by atoms with E-state index in [0.29, 0.717) is 0 Å². The summed E-state index contributed by atoms with van der Waals surface area (Å²) in [4.78, 5) is 0. The molecule has 0 radical (unpaired) electrons. The van der Waals surface area contributed by atoms with E-state index in [1.165, 1.54) is 66.8 Å². The van der Waals surface area contributed by atoms with Gasteiger partial charge in [0.2, 0.25) is 0 Å². The highest BCUT2D eigenvalue weighted by molar-refractivity contribution is 5.90. The Morgan fingerprint density at radius 3 is 1.65 bits per heavy atom. The molecule has 0 N–H and O–H groups in total. The molecule has 0 saturated heterocycles. The molecular weight excluding hydrogens is 408 g/mol. The Balaban J connectivity index is 1.71. The highest BCUT2D eigenvalue weighted by Crippen LogP contribution is 2.40. The van der Waals surface area contributed by atoms with E-state index < -0.39 is 0 Å². The van der Waals surface area contributed by atoms with E-state index in [0.717, 1.165) is 0 Å². The van der Waals surface area contributed by atoms with Crippen LogP contribution >= 0.6 is 0 Å². The van der Waals surface area contributed by atoms with Crippen LogP contribution in [-0.2, 0) is 0 Å². The fourth-order valence-corrected chi connectivity index (χ4v) is 4.92. The summed E-state index contributed by atoms with van der Waals surface area (Å²) in [5.74, 6) is 0. The van der Waals surface area contributed by atoms with Gasteiger partial charge in [0, 0.05) is 0 Å². The number of hydrogen-bond acceptors (Lipinski definition) is 0. The van der Waals surface area contributed by atoms with E-state index >= 15 is 0 Å². The molecule has 0 saturated carbocycles. The lowest BCUT2D eigenvalue weighted by molar-refractivity contribution is 1.39. The predicted octanol–water partition coefficient (Wildman–Crippen LogP) is 9.59. The second-order valence-electron chi connectivity index (χ2n) is 9.24. The van der Waals surface area contributed by atoms with E-state index in [1.54, 1.807) is 0 Å². The molecule has 0 heterocycles. The normalized spacial score (nSPS) is 10.9. The van der Waals surface area contributed by atoms with Crippen LogP contribution in [0.5, 0.6) is 0 Å². The van der Waals surface area contributed by atoms with Crippen molar-refractivity contribution in [2.75, 3.05) is 0 Å². The largest absolute Gasteiger partial charge is 0.0622 e. The lowest BCUT2D eigenvalue weighted by atomic mass is 9.86. The van der Waals surface area contributed by atoms with Gasteiger partial charge in [0.05, 0.1) is 0 Å². The third kappa shape index (κ3) is 4.08. The van der Waals surface area contributed by atoms with Gasteiger partial charge in [-0.2, -0.15) is 0 Å². The van der Waals surface area contributed by atoms with Crippen molar-refractivity contribution in [2.45, 2.75) is 27.7 Å². The Morgan fingerprint density at radius 1 is 0.324 bits per heavy atom. The van der Waals surface area contributed by atoms with Crippen molar-refractivity contribution in [1.29, 1.82) is 0 Å². The molecule has 5 aromatic rings. The maximum Gasteiger partial charge on any atom is -0.00732 e. The summed E-state index contributed by atoms with van der Waals surface area (Å²) in [6.07, 6.45) is 0. The van der Waals surface area contributed by atoms with Gasteiger partial charge in [-0.25, -0.2) is 0 Å². The van der Waals surface area contributed by atoms with Gasteiger partial charge in [-0.3, -0.25) is 0 Å². The predicted molar refractivity (Wildman–Crippen MR) is 147 cm³/mol. The molecule has 5 rings (SSSR count). The van der Waals surface area contributed by atoms with E-state index in [-0.39, 0.29) is 0 Å². The standard InChI is InChI=1S/C34H30/c1-23-11-8-9-15-30(23)32-22-29(20-18-24(32)2)31-16-10-12-26(4)34(31)33-21-28(19-17-25(33)3)27-13-6-5-7-14-27/h5-22H,1-4H3. The summed E-state index contributed by atoms with van der Waals surface area (Å²) in [7, 11) is 0. The monoisotopic (exact) mass is 438 g/mol. The van der Waals surface area contributed by atoms with Crippen LogP contribution in [-0.4, -0.2) is 0 Å². The topological polar surface area (TPSA) is 0 Å². The first-order valence-electron chi connectivity index (χ1n) is 12.0. The zero-order valence-electron chi connectivity index (χ0n) is 20.4. The first kappa shape index (κ1) is 21.9. The minimum Gasteiger partial charge on any atom is -0.0622 e. The number of aryl methyl sites for hydroxylation is 4. The molecule has 0 unspecified atom stereocenters. The number of benzene rings is 5. The summed E-state index contributed by atoms with van der Waals surface area (Å²) in [5.41, 5.74) is 15.4. The molecular formula is C34H30. The van der Waals surface area contributed by atoms with E-state index in [4.69, 9.17) is 0 Å². The highest BCUT2D eigenvalue weighted by atomic mass is 14.2. The highest BCUT2D eigenvalue weighted by Gasteiger charge is 2.15. The quantitative estimate of drug-likeness (QED) is 0.262. The number of hydrogen-bond donors (Lipinski definition) is 0. The summed E-state index contributed by atoms with van der Waals surface area (Å²) < 4.78 is 0. The SMILES string of the molecule is Cc1ccccc1-c1cc(-c2cccc(C)c2-c2cc(-c3ccccc3)ccc2C)ccc1C. The van der Waals surface area contributed by atoms with Crippen LogP contribution in [0, 0.1) is 27.7 Å². The van der Waals surface area contributed by atoms with Gasteiger partial charge >= 0.3 is 0 Å². The fourth-order valence-electron chi connectivity index (χ4n) is 4.92. The second kappa shape index (κ2) is 9.15. The maximum atomic E-state index is 2.37. The Kier molecular flexibility index (Phi) is 5.90. The Bertz CT molecular complexity index is 1470. The molecule has 0 aliphatic rings. The number of rotatable bonds is 4. The first-order valence-corrected chi connectivity index (χ1v) is 12.0. The Hall–Kier alpha value is -3.90. The smallest absolute Gasteiger partial charge is 0.00732 e. The molecule has 5 aromatic carbocycles. The molecule has 0 spiro atoms. The summed E-state index contributed by atoms with van der Waals surface area (Å²) in [6, 6.07) is 39.7. The van der Waals surface area contributed by atoms with Gasteiger partial charge in [0.1, 0.15) is 0 Å². The molecule has 0 aromatic heterocycles. The fraction of sp³-hybridized carbons (Fsp3) is 0.118. The molecule has 166 valence electrons. The molecule has 0 amide bonds.